The first-order chi connectivity index (χ1) is 11.6. The molecular formula is C20H27N3O. The van der Waals surface area contributed by atoms with Crippen molar-refractivity contribution in [3.8, 4) is 11.3 Å². The molecule has 1 aromatic carbocycles. The Morgan fingerprint density at radius 2 is 2.04 bits per heavy atom. The molecule has 2 aromatic rings. The number of hydrogen-bond acceptors (Lipinski definition) is 2. The van der Waals surface area contributed by atoms with Crippen molar-refractivity contribution in [3.05, 3.63) is 41.9 Å². The lowest BCUT2D eigenvalue weighted by atomic mass is 10.1. The van der Waals surface area contributed by atoms with Gasteiger partial charge in [0.25, 0.3) is 0 Å². The summed E-state index contributed by atoms with van der Waals surface area (Å²) in [5, 5.41) is 0. The predicted molar refractivity (Wildman–Crippen MR) is 96.8 cm³/mol. The molecule has 24 heavy (non-hydrogen) atoms. The van der Waals surface area contributed by atoms with Gasteiger partial charge in [0.15, 0.2) is 0 Å². The van der Waals surface area contributed by atoms with Gasteiger partial charge in [-0.15, -0.1) is 0 Å². The highest BCUT2D eigenvalue weighted by Crippen LogP contribution is 2.31. The summed E-state index contributed by atoms with van der Waals surface area (Å²) in [6, 6.07) is 10.3. The Labute approximate surface area is 144 Å². The number of benzene rings is 1. The summed E-state index contributed by atoms with van der Waals surface area (Å²) in [6.07, 6.45) is 2.62. The molecule has 0 spiro atoms. The predicted octanol–water partition coefficient (Wildman–Crippen LogP) is 4.00. The SMILES string of the molecule is CCCc1[nH]c([C@@H]2CC(=O)N(CC(C)C)C2)nc1-c1ccccc1. The number of likely N-dealkylation sites (tertiary alicyclic amines) is 1. The minimum atomic E-state index is 0.185. The van der Waals surface area contributed by atoms with Gasteiger partial charge in [0.05, 0.1) is 5.69 Å². The topological polar surface area (TPSA) is 49.0 Å². The molecule has 0 bridgehead atoms. The van der Waals surface area contributed by atoms with Gasteiger partial charge in [0.1, 0.15) is 5.82 Å². The molecule has 0 radical (unpaired) electrons. The molecule has 4 nitrogen and oxygen atoms in total. The van der Waals surface area contributed by atoms with Crippen LogP contribution in [-0.2, 0) is 11.2 Å². The fourth-order valence-corrected chi connectivity index (χ4v) is 3.46. The van der Waals surface area contributed by atoms with E-state index in [0.29, 0.717) is 12.3 Å². The van der Waals surface area contributed by atoms with Crippen molar-refractivity contribution < 1.29 is 4.79 Å². The van der Waals surface area contributed by atoms with Crippen molar-refractivity contribution in [3.63, 3.8) is 0 Å². The Morgan fingerprint density at radius 3 is 2.71 bits per heavy atom. The molecule has 1 aromatic heterocycles. The average Bonchev–Trinajstić information content (AvgIpc) is 3.13. The number of aromatic nitrogens is 2. The number of aromatic amines is 1. The molecule has 1 N–H and O–H groups in total. The highest BCUT2D eigenvalue weighted by molar-refractivity contribution is 5.79. The van der Waals surface area contributed by atoms with Crippen LogP contribution in [-0.4, -0.2) is 33.9 Å². The number of imidazole rings is 1. The number of aryl methyl sites for hydroxylation is 1. The summed E-state index contributed by atoms with van der Waals surface area (Å²) in [4.78, 5) is 22.7. The van der Waals surface area contributed by atoms with Crippen LogP contribution in [0.25, 0.3) is 11.3 Å². The zero-order valence-corrected chi connectivity index (χ0v) is 14.9. The summed E-state index contributed by atoms with van der Waals surface area (Å²) in [6.45, 7) is 8.10. The van der Waals surface area contributed by atoms with Gasteiger partial charge in [-0.1, -0.05) is 57.5 Å². The fourth-order valence-electron chi connectivity index (χ4n) is 3.46. The van der Waals surface area contributed by atoms with Gasteiger partial charge in [-0.3, -0.25) is 4.79 Å². The number of H-pyrrole nitrogens is 1. The van der Waals surface area contributed by atoms with E-state index in [9.17, 15) is 4.79 Å². The number of nitrogens with zero attached hydrogens (tertiary/aromatic N) is 2. The molecule has 0 unspecified atom stereocenters. The average molecular weight is 325 g/mol. The highest BCUT2D eigenvalue weighted by atomic mass is 16.2. The van der Waals surface area contributed by atoms with Crippen LogP contribution in [0.3, 0.4) is 0 Å². The zero-order valence-electron chi connectivity index (χ0n) is 14.9. The maximum Gasteiger partial charge on any atom is 0.223 e. The number of carbonyl (C=O) groups is 1. The molecule has 2 heterocycles. The van der Waals surface area contributed by atoms with Gasteiger partial charge in [0.2, 0.25) is 5.91 Å². The third-order valence-electron chi connectivity index (χ3n) is 4.53. The number of hydrogen-bond donors (Lipinski definition) is 1. The highest BCUT2D eigenvalue weighted by Gasteiger charge is 2.33. The largest absolute Gasteiger partial charge is 0.345 e. The van der Waals surface area contributed by atoms with Crippen LogP contribution >= 0.6 is 0 Å². The number of rotatable bonds is 6. The van der Waals surface area contributed by atoms with Gasteiger partial charge in [-0.05, 0) is 12.3 Å². The smallest absolute Gasteiger partial charge is 0.223 e. The molecule has 0 saturated carbocycles. The maximum atomic E-state index is 12.3. The Bertz CT molecular complexity index is 690. The van der Waals surface area contributed by atoms with Gasteiger partial charge >= 0.3 is 0 Å². The Morgan fingerprint density at radius 1 is 1.29 bits per heavy atom. The molecule has 0 aliphatic carbocycles. The van der Waals surface area contributed by atoms with Crippen LogP contribution in [0.5, 0.6) is 0 Å². The van der Waals surface area contributed by atoms with Crippen molar-refractivity contribution >= 4 is 5.91 Å². The Balaban J connectivity index is 1.86. The Hall–Kier alpha value is -2.10. The second-order valence-corrected chi connectivity index (χ2v) is 7.16. The molecule has 1 amide bonds. The van der Waals surface area contributed by atoms with Crippen LogP contribution in [0, 0.1) is 5.92 Å². The van der Waals surface area contributed by atoms with Crippen LogP contribution in [0.4, 0.5) is 0 Å². The van der Waals surface area contributed by atoms with E-state index in [2.05, 4.69) is 37.9 Å². The van der Waals surface area contributed by atoms with E-state index < -0.39 is 0 Å². The summed E-state index contributed by atoms with van der Waals surface area (Å²) < 4.78 is 0. The van der Waals surface area contributed by atoms with Crippen molar-refractivity contribution in [1.82, 2.24) is 14.9 Å². The quantitative estimate of drug-likeness (QED) is 0.872. The minimum absolute atomic E-state index is 0.185. The van der Waals surface area contributed by atoms with Crippen LogP contribution in [0.2, 0.25) is 0 Å². The fraction of sp³-hybridized carbons (Fsp3) is 0.500. The van der Waals surface area contributed by atoms with Crippen LogP contribution in [0.1, 0.15) is 51.0 Å². The normalized spacial score (nSPS) is 17.9. The van der Waals surface area contributed by atoms with E-state index in [1.807, 2.05) is 23.1 Å². The van der Waals surface area contributed by atoms with Crippen LogP contribution in [0.15, 0.2) is 30.3 Å². The van der Waals surface area contributed by atoms with E-state index in [0.717, 1.165) is 43.0 Å². The first-order valence-corrected chi connectivity index (χ1v) is 9.00. The van der Waals surface area contributed by atoms with Crippen LogP contribution < -0.4 is 0 Å². The first kappa shape index (κ1) is 16.7. The summed E-state index contributed by atoms with van der Waals surface area (Å²) >= 11 is 0. The van der Waals surface area contributed by atoms with Gasteiger partial charge in [-0.25, -0.2) is 4.98 Å². The van der Waals surface area contributed by atoms with E-state index in [-0.39, 0.29) is 11.8 Å². The first-order valence-electron chi connectivity index (χ1n) is 9.00. The Kier molecular flexibility index (Phi) is 5.03. The molecule has 1 aliphatic rings. The second-order valence-electron chi connectivity index (χ2n) is 7.16. The third kappa shape index (κ3) is 3.53. The van der Waals surface area contributed by atoms with Gasteiger partial charge < -0.3 is 9.88 Å². The molecular weight excluding hydrogens is 298 g/mol. The zero-order chi connectivity index (χ0) is 17.1. The molecule has 1 saturated heterocycles. The molecule has 128 valence electrons. The lowest BCUT2D eigenvalue weighted by molar-refractivity contribution is -0.128. The second kappa shape index (κ2) is 7.20. The van der Waals surface area contributed by atoms with Crippen molar-refractivity contribution in [2.75, 3.05) is 13.1 Å². The summed E-state index contributed by atoms with van der Waals surface area (Å²) in [5.74, 6) is 1.91. The molecule has 1 fully saturated rings. The minimum Gasteiger partial charge on any atom is -0.345 e. The monoisotopic (exact) mass is 325 g/mol. The number of amides is 1. The molecule has 4 heteroatoms. The van der Waals surface area contributed by atoms with E-state index in [1.54, 1.807) is 0 Å². The van der Waals surface area contributed by atoms with Gasteiger partial charge in [0, 0.05) is 36.7 Å². The summed E-state index contributed by atoms with van der Waals surface area (Å²) in [5.41, 5.74) is 3.38. The van der Waals surface area contributed by atoms with Crippen molar-refractivity contribution in [2.45, 2.75) is 46.0 Å². The van der Waals surface area contributed by atoms with E-state index in [1.165, 1.54) is 5.69 Å². The maximum absolute atomic E-state index is 12.3. The molecule has 1 atom stereocenters. The lowest BCUT2D eigenvalue weighted by Gasteiger charge is -2.18. The van der Waals surface area contributed by atoms with E-state index in [4.69, 9.17) is 4.98 Å². The van der Waals surface area contributed by atoms with Crippen molar-refractivity contribution in [2.24, 2.45) is 5.92 Å². The number of carbonyl (C=O) groups excluding carboxylic acids is 1. The summed E-state index contributed by atoms with van der Waals surface area (Å²) in [7, 11) is 0. The molecule has 3 rings (SSSR count). The lowest BCUT2D eigenvalue weighted by Crippen LogP contribution is -2.29. The third-order valence-corrected chi connectivity index (χ3v) is 4.53. The molecule has 1 aliphatic heterocycles. The van der Waals surface area contributed by atoms with Crippen molar-refractivity contribution in [1.29, 1.82) is 0 Å². The van der Waals surface area contributed by atoms with Gasteiger partial charge in [-0.2, -0.15) is 0 Å². The number of nitrogens with one attached hydrogen (secondary N) is 1. The standard InChI is InChI=1S/C20H27N3O/c1-4-8-17-19(15-9-6-5-7-10-15)22-20(21-17)16-11-18(24)23(13-16)12-14(2)3/h5-7,9-10,14,16H,4,8,11-13H2,1-3H3,(H,21,22)/t16-/m1/s1. The van der Waals surface area contributed by atoms with E-state index >= 15 is 0 Å².